The van der Waals surface area contributed by atoms with E-state index in [1.165, 1.54) is 6.39 Å². The largest absolute Gasteiger partial charge is 0.443 e. The average molecular weight is 446 g/mol. The van der Waals surface area contributed by atoms with Crippen LogP contribution in [-0.2, 0) is 26.5 Å². The van der Waals surface area contributed by atoms with Crippen molar-refractivity contribution in [3.05, 3.63) is 84.3 Å². The van der Waals surface area contributed by atoms with E-state index in [0.29, 0.717) is 11.3 Å². The molecule has 4 aromatic rings. The van der Waals surface area contributed by atoms with E-state index in [-0.39, 0.29) is 11.5 Å². The van der Waals surface area contributed by atoms with Crippen molar-refractivity contribution in [1.29, 1.82) is 0 Å². The standard InChI is InChI=1S/C26H23NO4S/c1-2-32(29,30)22-9-6-19(7-10-22)20-5-3-4-18(14-20)15-25(28)26(12-13-26)21-8-11-24-23(16-21)27-17-31-24/h3-11,14,16-17H,2,12-13,15H2,1H3. The lowest BCUT2D eigenvalue weighted by atomic mass is 9.87. The minimum absolute atomic E-state index is 0.0787. The molecule has 0 spiro atoms. The first kappa shape index (κ1) is 20.6. The van der Waals surface area contributed by atoms with Crippen LogP contribution in [0.5, 0.6) is 0 Å². The van der Waals surface area contributed by atoms with Gasteiger partial charge in [-0.05, 0) is 59.4 Å². The zero-order chi connectivity index (χ0) is 22.3. The van der Waals surface area contributed by atoms with Gasteiger partial charge in [-0.3, -0.25) is 4.79 Å². The zero-order valence-electron chi connectivity index (χ0n) is 17.7. The molecule has 32 heavy (non-hydrogen) atoms. The summed E-state index contributed by atoms with van der Waals surface area (Å²) in [6, 6.07) is 20.6. The molecular formula is C26H23NO4S. The van der Waals surface area contributed by atoms with Gasteiger partial charge in [0.05, 0.1) is 16.1 Å². The van der Waals surface area contributed by atoms with E-state index in [1.807, 2.05) is 54.6 Å². The van der Waals surface area contributed by atoms with Gasteiger partial charge in [-0.2, -0.15) is 0 Å². The van der Waals surface area contributed by atoms with Gasteiger partial charge in [0.25, 0.3) is 0 Å². The third kappa shape index (κ3) is 3.65. The Kier molecular flexibility index (Phi) is 4.97. The molecule has 0 aliphatic heterocycles. The molecule has 0 saturated heterocycles. The van der Waals surface area contributed by atoms with Crippen LogP contribution in [0.1, 0.15) is 30.9 Å². The molecule has 3 aromatic carbocycles. The molecule has 1 fully saturated rings. The van der Waals surface area contributed by atoms with E-state index < -0.39 is 15.3 Å². The monoisotopic (exact) mass is 445 g/mol. The number of carbonyl (C=O) groups excluding carboxylic acids is 1. The first-order valence-electron chi connectivity index (χ1n) is 10.7. The Hall–Kier alpha value is -3.25. The molecule has 0 bridgehead atoms. The molecule has 0 unspecified atom stereocenters. The Morgan fingerprint density at radius 2 is 1.78 bits per heavy atom. The third-order valence-electron chi connectivity index (χ3n) is 6.39. The Labute approximate surface area is 187 Å². The van der Waals surface area contributed by atoms with Gasteiger partial charge < -0.3 is 4.42 Å². The molecule has 5 nitrogen and oxygen atoms in total. The zero-order valence-corrected chi connectivity index (χ0v) is 18.6. The molecule has 6 heteroatoms. The molecule has 0 N–H and O–H groups in total. The number of aromatic nitrogens is 1. The quantitative estimate of drug-likeness (QED) is 0.394. The van der Waals surface area contributed by atoms with Gasteiger partial charge in [-0.25, -0.2) is 13.4 Å². The van der Waals surface area contributed by atoms with Crippen molar-refractivity contribution < 1.29 is 17.6 Å². The molecule has 162 valence electrons. The second kappa shape index (κ2) is 7.71. The van der Waals surface area contributed by atoms with Crippen LogP contribution in [0.2, 0.25) is 0 Å². The number of nitrogens with zero attached hydrogens (tertiary/aromatic N) is 1. The lowest BCUT2D eigenvalue weighted by Crippen LogP contribution is -2.22. The average Bonchev–Trinajstić information content (AvgIpc) is 3.50. The molecule has 1 saturated carbocycles. The number of ketones is 1. The summed E-state index contributed by atoms with van der Waals surface area (Å²) in [5.41, 5.74) is 4.91. The Bertz CT molecular complexity index is 1410. The number of hydrogen-bond acceptors (Lipinski definition) is 5. The van der Waals surface area contributed by atoms with Gasteiger partial charge in [0.1, 0.15) is 11.3 Å². The van der Waals surface area contributed by atoms with Crippen molar-refractivity contribution in [2.75, 3.05) is 5.75 Å². The lowest BCUT2D eigenvalue weighted by Gasteiger charge is -2.15. The van der Waals surface area contributed by atoms with Gasteiger partial charge in [0.2, 0.25) is 0 Å². The lowest BCUT2D eigenvalue weighted by molar-refractivity contribution is -0.120. The molecular weight excluding hydrogens is 422 g/mol. The third-order valence-corrected chi connectivity index (χ3v) is 8.14. The van der Waals surface area contributed by atoms with Crippen LogP contribution in [0, 0.1) is 0 Å². The Morgan fingerprint density at radius 1 is 1.00 bits per heavy atom. The molecule has 1 aliphatic rings. The molecule has 1 aliphatic carbocycles. The Morgan fingerprint density at radius 3 is 2.50 bits per heavy atom. The maximum Gasteiger partial charge on any atom is 0.181 e. The molecule has 0 amide bonds. The number of carbonyl (C=O) groups is 1. The van der Waals surface area contributed by atoms with E-state index in [1.54, 1.807) is 19.1 Å². The van der Waals surface area contributed by atoms with Crippen LogP contribution >= 0.6 is 0 Å². The number of oxazole rings is 1. The van der Waals surface area contributed by atoms with E-state index in [9.17, 15) is 13.2 Å². The van der Waals surface area contributed by atoms with Crippen molar-refractivity contribution in [2.45, 2.75) is 36.5 Å². The molecule has 1 heterocycles. The second-order valence-electron chi connectivity index (χ2n) is 8.35. The first-order chi connectivity index (χ1) is 15.4. The summed E-state index contributed by atoms with van der Waals surface area (Å²) in [6.07, 6.45) is 3.48. The predicted octanol–water partition coefficient (Wildman–Crippen LogP) is 5.13. The topological polar surface area (TPSA) is 77.2 Å². The highest BCUT2D eigenvalue weighted by Crippen LogP contribution is 2.50. The minimum atomic E-state index is -3.22. The number of hydrogen-bond donors (Lipinski definition) is 0. The van der Waals surface area contributed by atoms with Crippen molar-refractivity contribution in [2.24, 2.45) is 0 Å². The van der Waals surface area contributed by atoms with Crippen LogP contribution in [0.4, 0.5) is 0 Å². The fourth-order valence-electron chi connectivity index (χ4n) is 4.25. The van der Waals surface area contributed by atoms with Gasteiger partial charge in [-0.1, -0.05) is 49.4 Å². The van der Waals surface area contributed by atoms with Crippen molar-refractivity contribution in [3.63, 3.8) is 0 Å². The van der Waals surface area contributed by atoms with Crippen molar-refractivity contribution in [3.8, 4) is 11.1 Å². The van der Waals surface area contributed by atoms with Crippen LogP contribution < -0.4 is 0 Å². The van der Waals surface area contributed by atoms with Gasteiger partial charge in [0.15, 0.2) is 21.8 Å². The number of rotatable bonds is 7. The van der Waals surface area contributed by atoms with Gasteiger partial charge >= 0.3 is 0 Å². The predicted molar refractivity (Wildman–Crippen MR) is 123 cm³/mol. The molecule has 1 aromatic heterocycles. The fraction of sp³-hybridized carbons (Fsp3) is 0.231. The first-order valence-corrected chi connectivity index (χ1v) is 12.4. The summed E-state index contributed by atoms with van der Waals surface area (Å²) >= 11 is 0. The SMILES string of the molecule is CCS(=O)(=O)c1ccc(-c2cccc(CC(=O)C3(c4ccc5ocnc5c4)CC3)c2)cc1. The van der Waals surface area contributed by atoms with E-state index in [0.717, 1.165) is 46.2 Å². The van der Waals surface area contributed by atoms with Crippen LogP contribution in [0.3, 0.4) is 0 Å². The second-order valence-corrected chi connectivity index (χ2v) is 10.6. The summed E-state index contributed by atoms with van der Waals surface area (Å²) < 4.78 is 29.4. The molecule has 0 atom stereocenters. The van der Waals surface area contributed by atoms with E-state index in [2.05, 4.69) is 4.98 Å². The number of fused-ring (bicyclic) bond motifs is 1. The van der Waals surface area contributed by atoms with Crippen LogP contribution in [0.25, 0.3) is 22.2 Å². The minimum Gasteiger partial charge on any atom is -0.443 e. The van der Waals surface area contributed by atoms with E-state index >= 15 is 0 Å². The summed E-state index contributed by atoms with van der Waals surface area (Å²) in [7, 11) is -3.22. The normalized spacial score (nSPS) is 15.0. The number of sulfone groups is 1. The highest BCUT2D eigenvalue weighted by Gasteiger charge is 2.50. The fourth-order valence-corrected chi connectivity index (χ4v) is 5.13. The summed E-state index contributed by atoms with van der Waals surface area (Å²) in [4.78, 5) is 17.8. The van der Waals surface area contributed by atoms with E-state index in [4.69, 9.17) is 4.42 Å². The number of Topliss-reactive ketones (excluding diaryl/α,β-unsaturated/α-hetero) is 1. The Balaban J connectivity index is 1.37. The smallest absolute Gasteiger partial charge is 0.181 e. The highest BCUT2D eigenvalue weighted by atomic mass is 32.2. The van der Waals surface area contributed by atoms with Crippen LogP contribution in [-0.4, -0.2) is 24.9 Å². The van der Waals surface area contributed by atoms with Crippen molar-refractivity contribution >= 4 is 26.7 Å². The summed E-state index contributed by atoms with van der Waals surface area (Å²) in [5.74, 6) is 0.289. The van der Waals surface area contributed by atoms with Gasteiger partial charge in [-0.15, -0.1) is 0 Å². The van der Waals surface area contributed by atoms with Crippen molar-refractivity contribution in [1.82, 2.24) is 4.98 Å². The number of benzene rings is 3. The van der Waals surface area contributed by atoms with Gasteiger partial charge in [0, 0.05) is 6.42 Å². The summed E-state index contributed by atoms with van der Waals surface area (Å²) in [6.45, 7) is 1.64. The highest BCUT2D eigenvalue weighted by molar-refractivity contribution is 7.91. The maximum absolute atomic E-state index is 13.3. The summed E-state index contributed by atoms with van der Waals surface area (Å²) in [5, 5.41) is 0. The molecule has 0 radical (unpaired) electrons. The maximum atomic E-state index is 13.3. The molecule has 5 rings (SSSR count). The van der Waals surface area contributed by atoms with Crippen LogP contribution in [0.15, 0.2) is 82.4 Å².